The number of halogens is 1. The molecule has 210 valence electrons. The SMILES string of the molecule is CNc1cc(F)cc2c1Cc1ncc(-c3cnc4c(c3)c(=O)c(C(=O)O)cn4C)c(N3CC[C@@H]4C(CCN4C)C3)c1-2. The molecule has 2 aliphatic heterocycles. The lowest BCUT2D eigenvalue weighted by Gasteiger charge is -2.40. The number of aromatic nitrogens is 3. The monoisotopic (exact) mass is 554 g/mol. The number of hydrogen-bond donors (Lipinski definition) is 2. The zero-order valence-electron chi connectivity index (χ0n) is 23.2. The quantitative estimate of drug-likeness (QED) is 0.344. The molecular formula is C31H31FN6O3. The third-order valence-corrected chi connectivity index (χ3v) is 9.21. The van der Waals surface area contributed by atoms with Crippen molar-refractivity contribution < 1.29 is 14.3 Å². The van der Waals surface area contributed by atoms with Crippen LogP contribution in [0, 0.1) is 11.7 Å². The highest BCUT2D eigenvalue weighted by Gasteiger charge is 2.39. The summed E-state index contributed by atoms with van der Waals surface area (Å²) in [5, 5.41) is 13.0. The van der Waals surface area contributed by atoms with Gasteiger partial charge in [-0.05, 0) is 61.7 Å². The van der Waals surface area contributed by atoms with Gasteiger partial charge in [0.1, 0.15) is 17.0 Å². The molecular weight excluding hydrogens is 523 g/mol. The van der Waals surface area contributed by atoms with E-state index in [1.165, 1.54) is 12.3 Å². The van der Waals surface area contributed by atoms with E-state index in [1.807, 2.05) is 6.20 Å². The van der Waals surface area contributed by atoms with Crippen molar-refractivity contribution in [2.75, 3.05) is 43.9 Å². The van der Waals surface area contributed by atoms with Gasteiger partial charge in [0, 0.05) is 80.6 Å². The molecule has 2 N–H and O–H groups in total. The molecule has 41 heavy (non-hydrogen) atoms. The van der Waals surface area contributed by atoms with Gasteiger partial charge in [0.2, 0.25) is 5.43 Å². The second-order valence-electron chi connectivity index (χ2n) is 11.5. The van der Waals surface area contributed by atoms with Crippen molar-refractivity contribution in [2.24, 2.45) is 13.0 Å². The predicted molar refractivity (Wildman–Crippen MR) is 156 cm³/mol. The third-order valence-electron chi connectivity index (χ3n) is 9.21. The number of aromatic carboxylic acids is 1. The maximum atomic E-state index is 14.9. The van der Waals surface area contributed by atoms with Crippen LogP contribution in [0.15, 0.2) is 41.6 Å². The van der Waals surface area contributed by atoms with E-state index < -0.39 is 11.4 Å². The molecule has 4 aromatic rings. The van der Waals surface area contributed by atoms with E-state index in [-0.39, 0.29) is 16.8 Å². The first-order valence-corrected chi connectivity index (χ1v) is 14.0. The van der Waals surface area contributed by atoms with Gasteiger partial charge in [0.25, 0.3) is 0 Å². The van der Waals surface area contributed by atoms with E-state index in [2.05, 4.69) is 27.1 Å². The maximum absolute atomic E-state index is 14.9. The van der Waals surface area contributed by atoms with Crippen LogP contribution in [0.25, 0.3) is 33.3 Å². The maximum Gasteiger partial charge on any atom is 0.341 e. The number of carboxylic acid groups (broad SMARTS) is 1. The fourth-order valence-corrected chi connectivity index (χ4v) is 7.22. The topological polar surface area (TPSA) is 104 Å². The minimum absolute atomic E-state index is 0.233. The Kier molecular flexibility index (Phi) is 5.86. The van der Waals surface area contributed by atoms with Gasteiger partial charge in [-0.3, -0.25) is 9.78 Å². The molecule has 7 rings (SSSR count). The van der Waals surface area contributed by atoms with Gasteiger partial charge in [-0.15, -0.1) is 0 Å². The highest BCUT2D eigenvalue weighted by atomic mass is 19.1. The summed E-state index contributed by atoms with van der Waals surface area (Å²) in [4.78, 5) is 39.3. The van der Waals surface area contributed by atoms with Crippen molar-refractivity contribution in [3.05, 3.63) is 69.7 Å². The summed E-state index contributed by atoms with van der Waals surface area (Å²) >= 11 is 0. The third kappa shape index (κ3) is 3.92. The number of pyridine rings is 3. The standard InChI is InChI=1S/C31H31FN6O3/c1-33-24-10-18(32)9-20-19(24)11-25-27(20)28(38-7-5-26-16(14-38)4-6-36(26)2)22(13-34-25)17-8-21-29(39)23(31(40)41)15-37(3)30(21)35-12-17/h8-10,12-13,15-16,26,33H,4-7,11,14H2,1-3H3,(H,40,41)/t16?,26-/m1/s1. The molecule has 1 unspecified atom stereocenters. The molecule has 3 aliphatic rings. The molecule has 9 nitrogen and oxygen atoms in total. The van der Waals surface area contributed by atoms with Crippen molar-refractivity contribution in [2.45, 2.75) is 25.3 Å². The molecule has 5 heterocycles. The summed E-state index contributed by atoms with van der Waals surface area (Å²) in [5.41, 5.74) is 6.38. The summed E-state index contributed by atoms with van der Waals surface area (Å²) in [7, 11) is 5.67. The Balaban J connectivity index is 1.47. The molecule has 2 atom stereocenters. The number of fused-ring (bicyclic) bond motifs is 5. The minimum atomic E-state index is -1.28. The molecule has 0 saturated carbocycles. The number of nitrogens with zero attached hydrogens (tertiary/aromatic N) is 5. The summed E-state index contributed by atoms with van der Waals surface area (Å²) in [5.74, 6) is -1.07. The van der Waals surface area contributed by atoms with Crippen LogP contribution >= 0.6 is 0 Å². The van der Waals surface area contributed by atoms with E-state index in [4.69, 9.17) is 4.98 Å². The van der Waals surface area contributed by atoms with Crippen LogP contribution in [0.1, 0.15) is 34.5 Å². The first-order chi connectivity index (χ1) is 19.7. The fraction of sp³-hybridized carbons (Fsp3) is 0.355. The van der Waals surface area contributed by atoms with E-state index in [9.17, 15) is 19.1 Å². The summed E-state index contributed by atoms with van der Waals surface area (Å²) in [6.07, 6.45) is 7.59. The van der Waals surface area contributed by atoms with Crippen LogP contribution in [0.5, 0.6) is 0 Å². The first-order valence-electron chi connectivity index (χ1n) is 14.0. The Hall–Kier alpha value is -4.31. The summed E-state index contributed by atoms with van der Waals surface area (Å²) in [6.45, 7) is 2.78. The van der Waals surface area contributed by atoms with E-state index in [1.54, 1.807) is 37.0 Å². The summed E-state index contributed by atoms with van der Waals surface area (Å²) in [6, 6.07) is 5.39. The number of carbonyl (C=O) groups is 1. The van der Waals surface area contributed by atoms with Crippen LogP contribution in [0.2, 0.25) is 0 Å². The highest BCUT2D eigenvalue weighted by molar-refractivity contribution is 5.98. The molecule has 10 heteroatoms. The van der Waals surface area contributed by atoms with Crippen LogP contribution in [-0.2, 0) is 13.5 Å². The van der Waals surface area contributed by atoms with Gasteiger partial charge in [-0.25, -0.2) is 14.2 Å². The molecule has 0 amide bonds. The van der Waals surface area contributed by atoms with Crippen molar-refractivity contribution in [1.82, 2.24) is 19.4 Å². The number of aryl methyl sites for hydroxylation is 1. The van der Waals surface area contributed by atoms with Crippen LogP contribution in [0.4, 0.5) is 15.8 Å². The Morgan fingerprint density at radius 2 is 1.93 bits per heavy atom. The lowest BCUT2D eigenvalue weighted by molar-refractivity contribution is 0.0695. The number of likely N-dealkylation sites (tertiary alicyclic amines) is 1. The normalized spacial score (nSPS) is 19.8. The molecule has 1 aromatic carbocycles. The Bertz CT molecular complexity index is 1820. The first kappa shape index (κ1) is 25.6. The second kappa shape index (κ2) is 9.37. The smallest absolute Gasteiger partial charge is 0.341 e. The molecule has 3 aromatic heterocycles. The number of hydrogen-bond acceptors (Lipinski definition) is 7. The molecule has 2 fully saturated rings. The van der Waals surface area contributed by atoms with E-state index >= 15 is 0 Å². The number of piperidine rings is 1. The molecule has 1 aliphatic carbocycles. The lowest BCUT2D eigenvalue weighted by Crippen LogP contribution is -2.45. The van der Waals surface area contributed by atoms with Gasteiger partial charge in [0.05, 0.1) is 16.8 Å². The van der Waals surface area contributed by atoms with Crippen LogP contribution in [0.3, 0.4) is 0 Å². The summed E-state index contributed by atoms with van der Waals surface area (Å²) < 4.78 is 16.5. The lowest BCUT2D eigenvalue weighted by atomic mass is 9.90. The van der Waals surface area contributed by atoms with Gasteiger partial charge in [-0.1, -0.05) is 0 Å². The van der Waals surface area contributed by atoms with Crippen LogP contribution in [-0.4, -0.2) is 70.3 Å². The second-order valence-corrected chi connectivity index (χ2v) is 11.5. The average Bonchev–Trinajstić information content (AvgIpc) is 3.53. The highest BCUT2D eigenvalue weighted by Crippen LogP contribution is 2.50. The number of nitrogens with one attached hydrogen (secondary N) is 1. The van der Waals surface area contributed by atoms with Gasteiger partial charge >= 0.3 is 5.97 Å². The number of rotatable bonds is 4. The van der Waals surface area contributed by atoms with Crippen molar-refractivity contribution in [3.63, 3.8) is 0 Å². The number of carboxylic acids is 1. The van der Waals surface area contributed by atoms with Gasteiger partial charge < -0.3 is 24.8 Å². The van der Waals surface area contributed by atoms with Crippen LogP contribution < -0.4 is 15.6 Å². The number of benzene rings is 1. The Labute approximate surface area is 236 Å². The molecule has 0 radical (unpaired) electrons. The number of anilines is 2. The molecule has 0 bridgehead atoms. The van der Waals surface area contributed by atoms with Gasteiger partial charge in [0.15, 0.2) is 0 Å². The Morgan fingerprint density at radius 3 is 2.71 bits per heavy atom. The Morgan fingerprint density at radius 1 is 1.10 bits per heavy atom. The zero-order chi connectivity index (χ0) is 28.6. The van der Waals surface area contributed by atoms with E-state index in [0.717, 1.165) is 71.8 Å². The predicted octanol–water partition coefficient (Wildman–Crippen LogP) is 3.98. The largest absolute Gasteiger partial charge is 0.477 e. The van der Waals surface area contributed by atoms with Crippen molar-refractivity contribution in [3.8, 4) is 22.3 Å². The zero-order valence-corrected chi connectivity index (χ0v) is 23.2. The molecule has 2 saturated heterocycles. The average molecular weight is 555 g/mol. The fourth-order valence-electron chi connectivity index (χ4n) is 7.22. The van der Waals surface area contributed by atoms with E-state index in [0.29, 0.717) is 29.6 Å². The molecule has 0 spiro atoms. The minimum Gasteiger partial charge on any atom is -0.477 e. The van der Waals surface area contributed by atoms with Gasteiger partial charge in [-0.2, -0.15) is 0 Å². The van der Waals surface area contributed by atoms with Crippen molar-refractivity contribution >= 4 is 28.4 Å². The van der Waals surface area contributed by atoms with Crippen molar-refractivity contribution in [1.29, 1.82) is 0 Å².